The molecule has 1 saturated heterocycles. The van der Waals surface area contributed by atoms with Crippen LogP contribution in [-0.2, 0) is 51.4 Å². The third kappa shape index (κ3) is 10.2. The fraction of sp³-hybridized carbons (Fsp3) is 0.750. The van der Waals surface area contributed by atoms with Gasteiger partial charge in [-0.1, -0.05) is 13.8 Å². The number of carbonyl (C=O) groups excluding carboxylic acids is 2. The second-order valence-corrected chi connectivity index (χ2v) is 13.7. The molecule has 0 saturated carbocycles. The number of nitrogens with two attached hydrogens (primary N) is 1. The summed E-state index contributed by atoms with van der Waals surface area (Å²) in [5.74, 6) is -5.11. The number of carbonyl (C=O) groups is 2. The lowest BCUT2D eigenvalue weighted by atomic mass is 9.95. The van der Waals surface area contributed by atoms with E-state index in [9.17, 15) is 14.2 Å². The number of halogens is 2. The molecule has 22 heteroatoms. The Kier molecular flexibility index (Phi) is 14.2. The number of nitrogens with zero attached hydrogens (tertiary/aromatic N) is 4. The minimum absolute atomic E-state index is 0.0227. The molecule has 19 nitrogen and oxygen atoms in total. The summed E-state index contributed by atoms with van der Waals surface area (Å²) in [5.41, 5.74) is 7.16. The van der Waals surface area contributed by atoms with E-state index in [0.29, 0.717) is 0 Å². The molecule has 0 radical (unpaired) electrons. The van der Waals surface area contributed by atoms with Crippen LogP contribution in [0, 0.1) is 5.92 Å². The number of phosphoric acid groups is 1. The first-order valence-corrected chi connectivity index (χ1v) is 17.1. The summed E-state index contributed by atoms with van der Waals surface area (Å²) in [4.78, 5) is 37.3. The molecule has 50 heavy (non-hydrogen) atoms. The Hall–Kier alpha value is -3.30. The number of fused-ring (bicyclic) bond motifs is 1. The van der Waals surface area contributed by atoms with Crippen molar-refractivity contribution in [2.75, 3.05) is 39.3 Å². The molecule has 0 bridgehead atoms. The zero-order valence-electron chi connectivity index (χ0n) is 29.2. The van der Waals surface area contributed by atoms with E-state index < -0.39 is 76.1 Å². The van der Waals surface area contributed by atoms with Crippen molar-refractivity contribution in [3.8, 4) is 5.88 Å². The summed E-state index contributed by atoms with van der Waals surface area (Å²) < 4.78 is 99.6. The largest absolute Gasteiger partial charge is 0.510 e. The number of hydrogen-bond acceptors (Lipinski definition) is 17. The van der Waals surface area contributed by atoms with Crippen molar-refractivity contribution in [2.24, 2.45) is 5.92 Å². The molecule has 2 unspecified atom stereocenters. The fourth-order valence-electron chi connectivity index (χ4n) is 4.30. The van der Waals surface area contributed by atoms with Crippen LogP contribution in [0.2, 0.25) is 0 Å². The lowest BCUT2D eigenvalue weighted by Crippen LogP contribution is -2.69. The first-order chi connectivity index (χ1) is 23.4. The van der Waals surface area contributed by atoms with Crippen molar-refractivity contribution in [2.45, 2.75) is 97.5 Å². The van der Waals surface area contributed by atoms with Gasteiger partial charge in [0.05, 0.1) is 25.1 Å². The van der Waals surface area contributed by atoms with Crippen LogP contribution in [0.5, 0.6) is 5.88 Å². The van der Waals surface area contributed by atoms with E-state index in [1.165, 1.54) is 0 Å². The van der Waals surface area contributed by atoms with Gasteiger partial charge in [0.2, 0.25) is 24.8 Å². The third-order valence-corrected chi connectivity index (χ3v) is 8.25. The first-order valence-electron chi connectivity index (χ1n) is 15.6. The number of imidazole rings is 1. The number of alkyl halides is 2. The summed E-state index contributed by atoms with van der Waals surface area (Å²) >= 11 is 0. The van der Waals surface area contributed by atoms with Crippen molar-refractivity contribution in [1.29, 1.82) is 0 Å². The summed E-state index contributed by atoms with van der Waals surface area (Å²) in [7, 11) is -4.92. The third-order valence-electron chi connectivity index (χ3n) is 6.97. The molecule has 0 aliphatic carbocycles. The maximum atomic E-state index is 16.8. The van der Waals surface area contributed by atoms with Crippen molar-refractivity contribution in [1.82, 2.24) is 19.5 Å². The number of esters is 1. The summed E-state index contributed by atoms with van der Waals surface area (Å²) in [6, 6.07) is -0.989. The summed E-state index contributed by atoms with van der Waals surface area (Å²) in [6.07, 6.45) is -5.50. The van der Waals surface area contributed by atoms with Crippen LogP contribution < -0.4 is 16.2 Å². The number of aromatic nitrogens is 4. The smallest absolute Gasteiger partial charge is 0.476 e. The Balaban J connectivity index is 1.95. The predicted octanol–water partition coefficient (Wildman–Crippen LogP) is 2.94. The maximum Gasteiger partial charge on any atom is 0.510 e. The lowest BCUT2D eigenvalue weighted by molar-refractivity contribution is -0.420. The average molecular weight is 744 g/mol. The Morgan fingerprint density at radius 3 is 2.40 bits per heavy atom. The first kappa shape index (κ1) is 41.1. The van der Waals surface area contributed by atoms with Gasteiger partial charge in [-0.05, 0) is 41.5 Å². The Morgan fingerprint density at radius 1 is 1.10 bits per heavy atom. The van der Waals surface area contributed by atoms with Crippen LogP contribution in [0.25, 0.3) is 11.2 Å². The van der Waals surface area contributed by atoms with E-state index in [-0.39, 0.29) is 48.4 Å². The Morgan fingerprint density at radius 2 is 1.78 bits per heavy atom. The highest BCUT2D eigenvalue weighted by Crippen LogP contribution is 2.55. The van der Waals surface area contributed by atoms with Crippen molar-refractivity contribution in [3.63, 3.8) is 0 Å². The van der Waals surface area contributed by atoms with E-state index in [1.54, 1.807) is 48.5 Å². The molecule has 0 spiro atoms. The molecule has 2 aromatic rings. The highest BCUT2D eigenvalue weighted by atomic mass is 31.2. The van der Waals surface area contributed by atoms with Crippen LogP contribution in [-0.4, -0.2) is 101 Å². The number of hydrogen-bond donors (Lipinski definition) is 2. The van der Waals surface area contributed by atoms with Gasteiger partial charge in [-0.15, -0.1) is 0 Å². The molecular formula is C28H46F2N6O13P+. The number of anilines is 1. The van der Waals surface area contributed by atoms with E-state index in [2.05, 4.69) is 20.7 Å². The quantitative estimate of drug-likeness (QED) is 0.0909. The van der Waals surface area contributed by atoms with Gasteiger partial charge in [-0.25, -0.2) is 32.4 Å². The molecule has 284 valence electrons. The normalized spacial score (nSPS) is 24.1. The molecule has 0 aromatic carbocycles. The molecule has 5 N–H and O–H groups in total. The van der Waals surface area contributed by atoms with Gasteiger partial charge >= 0.3 is 19.9 Å². The van der Waals surface area contributed by atoms with Crippen molar-refractivity contribution < 1.29 is 75.4 Å². The van der Waals surface area contributed by atoms with Gasteiger partial charge in [-0.3, -0.25) is 13.6 Å². The standard InChI is InChI=1S/C28H45F2N6O13P/c1-9-41-21-19-20(34-25(32)35-21)36(11-33-19)24-27(8,48-22(37)18(31)15(2)3)23(29)28(30,49-24)10-44-50(39,45-13-40-12-42-16(4)5)46-14-43-26(38)47-17(6)7/h11,15-18,23-24H,9-10,12-14,31H2,1-8H3,(H2,32,34,35)/p+1/t18?,23-,24+,27+,28+,50?/m0/s1. The van der Waals surface area contributed by atoms with Gasteiger partial charge < -0.3 is 44.6 Å². The van der Waals surface area contributed by atoms with E-state index in [4.69, 9.17) is 52.5 Å². The van der Waals surface area contributed by atoms with E-state index in [1.807, 2.05) is 0 Å². The number of nitrogen functional groups attached to an aromatic ring is 1. The van der Waals surface area contributed by atoms with Crippen molar-refractivity contribution >= 4 is 37.1 Å². The molecule has 3 heterocycles. The predicted molar refractivity (Wildman–Crippen MR) is 166 cm³/mol. The van der Waals surface area contributed by atoms with Crippen LogP contribution in [0.4, 0.5) is 19.5 Å². The summed E-state index contributed by atoms with van der Waals surface area (Å²) in [6.45, 7) is 9.28. The summed E-state index contributed by atoms with van der Waals surface area (Å²) in [5, 5.41) is 0. The van der Waals surface area contributed by atoms with Crippen LogP contribution in [0.1, 0.15) is 61.6 Å². The van der Waals surface area contributed by atoms with Crippen LogP contribution in [0.15, 0.2) is 6.33 Å². The lowest BCUT2D eigenvalue weighted by Gasteiger charge is -2.32. The maximum absolute atomic E-state index is 16.8. The van der Waals surface area contributed by atoms with Gasteiger partial charge in [-0.2, -0.15) is 9.97 Å². The Bertz CT molecular complexity index is 1500. The second kappa shape index (κ2) is 17.3. The highest BCUT2D eigenvalue weighted by molar-refractivity contribution is 7.48. The van der Waals surface area contributed by atoms with Gasteiger partial charge in [0.1, 0.15) is 13.4 Å². The minimum Gasteiger partial charge on any atom is -0.476 e. The van der Waals surface area contributed by atoms with Crippen LogP contribution in [0.3, 0.4) is 0 Å². The zero-order valence-corrected chi connectivity index (χ0v) is 30.1. The number of phosphoric ester groups is 1. The van der Waals surface area contributed by atoms with Crippen LogP contribution >= 0.6 is 7.82 Å². The molecule has 1 aliphatic heterocycles. The van der Waals surface area contributed by atoms with Gasteiger partial charge in [0, 0.05) is 5.92 Å². The molecule has 3 rings (SSSR count). The number of rotatable bonds is 19. The highest BCUT2D eigenvalue weighted by Gasteiger charge is 2.68. The minimum atomic E-state index is -4.92. The number of quaternary nitrogens is 1. The SMILES string of the molecule is CCOc1nc(N)nc2c1ncn2[C@@H]1O[C@](F)(COP(=O)(OCOCOC(C)C)OCOC(=O)OC(C)C)[C@@H](F)[C@@]1(C)OC(=O)C([NH3+])C(C)C. The molecule has 2 aromatic heterocycles. The monoisotopic (exact) mass is 743 g/mol. The number of ether oxygens (including phenoxy) is 7. The van der Waals surface area contributed by atoms with Gasteiger partial charge in [0.15, 0.2) is 35.8 Å². The fourth-order valence-corrected chi connectivity index (χ4v) is 5.25. The topological polar surface area (TPSA) is 241 Å². The molecule has 6 atom stereocenters. The second-order valence-electron chi connectivity index (χ2n) is 12.0. The molecule has 0 amide bonds. The van der Waals surface area contributed by atoms with E-state index in [0.717, 1.165) is 17.8 Å². The average Bonchev–Trinajstić information content (AvgIpc) is 3.52. The molecule has 1 aliphatic rings. The van der Waals surface area contributed by atoms with E-state index >= 15 is 8.78 Å². The van der Waals surface area contributed by atoms with Gasteiger partial charge in [0.25, 0.3) is 5.85 Å². The van der Waals surface area contributed by atoms with Crippen molar-refractivity contribution in [3.05, 3.63) is 6.33 Å². The molecule has 1 fully saturated rings. The zero-order chi connectivity index (χ0) is 37.4. The molecular weight excluding hydrogens is 697 g/mol. The Labute approximate surface area is 287 Å².